The lowest BCUT2D eigenvalue weighted by Gasteiger charge is -2.49. The quantitative estimate of drug-likeness (QED) is 0.0217. The third kappa shape index (κ3) is 20.3. The van der Waals surface area contributed by atoms with E-state index in [-0.39, 0.29) is 46.1 Å². The van der Waals surface area contributed by atoms with E-state index in [1.807, 2.05) is 182 Å². The first-order valence-electron chi connectivity index (χ1n) is 27.4. The fourth-order valence-electron chi connectivity index (χ4n) is 9.40. The van der Waals surface area contributed by atoms with Crippen molar-refractivity contribution in [3.63, 3.8) is 0 Å². The minimum absolute atomic E-state index is 0.0939. The van der Waals surface area contributed by atoms with Gasteiger partial charge in [-0.3, -0.25) is 18.4 Å². The van der Waals surface area contributed by atoms with E-state index in [2.05, 4.69) is 6.92 Å². The molecule has 10 nitrogen and oxygen atoms in total. The number of carbonyl (C=O) groups excluding carboxylic acids is 1. The van der Waals surface area contributed by atoms with E-state index in [4.69, 9.17) is 37.3 Å². The van der Waals surface area contributed by atoms with Crippen LogP contribution >= 0.6 is 7.82 Å². The highest BCUT2D eigenvalue weighted by Crippen LogP contribution is 2.55. The summed E-state index contributed by atoms with van der Waals surface area (Å²) in [4.78, 5) is 14.6. The summed E-state index contributed by atoms with van der Waals surface area (Å²) in [5.74, 6) is -0.442. The van der Waals surface area contributed by atoms with E-state index in [0.717, 1.165) is 52.6 Å². The monoisotopic (exact) mass is 1040 g/mol. The molecule has 3 unspecified atom stereocenters. The van der Waals surface area contributed by atoms with Gasteiger partial charge in [0.05, 0.1) is 39.6 Å². The molecule has 0 heterocycles. The minimum atomic E-state index is -4.60. The molecule has 6 aromatic rings. The highest BCUT2D eigenvalue weighted by molar-refractivity contribution is 7.48. The normalized spacial score (nSPS) is 18.7. The van der Waals surface area contributed by atoms with E-state index in [0.29, 0.717) is 6.42 Å². The summed E-state index contributed by atoms with van der Waals surface area (Å²) < 4.78 is 70.1. The molecule has 6 aromatic carbocycles. The molecular weight excluding hydrogens is 960 g/mol. The molecule has 400 valence electrons. The predicted molar refractivity (Wildman–Crippen MR) is 295 cm³/mol. The number of unbranched alkanes of at least 4 members (excludes halogenated alkanes) is 12. The fourth-order valence-corrected chi connectivity index (χ4v) is 10.8. The van der Waals surface area contributed by atoms with Crippen LogP contribution < -0.4 is 0 Å². The van der Waals surface area contributed by atoms with Crippen LogP contribution in [-0.4, -0.2) is 42.6 Å². The Bertz CT molecular complexity index is 2420. The Kier molecular flexibility index (Phi) is 25.3. The molecular formula is C64H79O10P. The smallest absolute Gasteiger partial charge is 0.457 e. The molecule has 0 saturated heterocycles. The van der Waals surface area contributed by atoms with Crippen molar-refractivity contribution in [1.29, 1.82) is 0 Å². The highest BCUT2D eigenvalue weighted by Gasteiger charge is 2.58. The van der Waals surface area contributed by atoms with Gasteiger partial charge in [0.25, 0.3) is 0 Å². The number of esters is 1. The lowest BCUT2D eigenvalue weighted by atomic mass is 9.83. The van der Waals surface area contributed by atoms with Gasteiger partial charge in [-0.05, 0) is 39.8 Å². The van der Waals surface area contributed by atoms with Crippen LogP contribution in [0.15, 0.2) is 182 Å². The predicted octanol–water partition coefficient (Wildman–Crippen LogP) is 15.7. The number of phosphoric acid groups is 1. The summed E-state index contributed by atoms with van der Waals surface area (Å²) in [6.07, 6.45) is 8.94. The molecule has 0 amide bonds. The molecule has 0 N–H and O–H groups in total. The Morgan fingerprint density at radius 2 is 0.613 bits per heavy atom. The Morgan fingerprint density at radius 1 is 0.347 bits per heavy atom. The molecule has 0 bridgehead atoms. The van der Waals surface area contributed by atoms with Crippen molar-refractivity contribution in [3.8, 4) is 0 Å². The van der Waals surface area contributed by atoms with Crippen LogP contribution in [0, 0.1) is 0 Å². The summed E-state index contributed by atoms with van der Waals surface area (Å²) in [6.45, 7) is 2.65. The van der Waals surface area contributed by atoms with Gasteiger partial charge in [-0.2, -0.15) is 0 Å². The van der Waals surface area contributed by atoms with Crippen molar-refractivity contribution in [1.82, 2.24) is 0 Å². The van der Waals surface area contributed by atoms with Gasteiger partial charge in [0.1, 0.15) is 30.5 Å². The van der Waals surface area contributed by atoms with Crippen molar-refractivity contribution in [2.45, 2.75) is 173 Å². The Balaban J connectivity index is 1.23. The molecule has 1 saturated carbocycles. The van der Waals surface area contributed by atoms with Crippen molar-refractivity contribution in [2.24, 2.45) is 0 Å². The number of ether oxygens (including phenoxy) is 5. The molecule has 0 radical (unpaired) electrons. The number of hydrogen-bond donors (Lipinski definition) is 0. The van der Waals surface area contributed by atoms with E-state index in [1.54, 1.807) is 0 Å². The van der Waals surface area contributed by atoms with Crippen molar-refractivity contribution >= 4 is 13.8 Å². The van der Waals surface area contributed by atoms with Crippen LogP contribution in [0.3, 0.4) is 0 Å². The fraction of sp³-hybridized carbons (Fsp3) is 0.422. The number of phosphoric ester groups is 1. The van der Waals surface area contributed by atoms with Crippen LogP contribution in [0.4, 0.5) is 0 Å². The maximum absolute atomic E-state index is 15.7. The van der Waals surface area contributed by atoms with Gasteiger partial charge in [0.2, 0.25) is 0 Å². The third-order valence-electron chi connectivity index (χ3n) is 13.6. The second kappa shape index (κ2) is 33.0. The van der Waals surface area contributed by atoms with Crippen molar-refractivity contribution in [2.75, 3.05) is 0 Å². The first-order chi connectivity index (χ1) is 37.0. The van der Waals surface area contributed by atoms with Gasteiger partial charge in [-0.15, -0.1) is 0 Å². The van der Waals surface area contributed by atoms with Crippen LogP contribution in [-0.2, 0) is 86.3 Å². The van der Waals surface area contributed by atoms with E-state index in [9.17, 15) is 4.79 Å². The van der Waals surface area contributed by atoms with Gasteiger partial charge in [-0.1, -0.05) is 266 Å². The third-order valence-corrected chi connectivity index (χ3v) is 14.9. The molecule has 1 fully saturated rings. The molecule has 1 aliphatic carbocycles. The average molecular weight is 1040 g/mol. The first-order valence-corrected chi connectivity index (χ1v) is 28.9. The Morgan fingerprint density at radius 3 is 0.933 bits per heavy atom. The lowest BCUT2D eigenvalue weighted by Crippen LogP contribution is -2.67. The first kappa shape index (κ1) is 57.4. The average Bonchev–Trinajstić information content (AvgIpc) is 3.46. The van der Waals surface area contributed by atoms with Crippen molar-refractivity contribution < 1.29 is 46.6 Å². The maximum Gasteiger partial charge on any atom is 0.475 e. The van der Waals surface area contributed by atoms with Gasteiger partial charge >= 0.3 is 13.8 Å². The number of hydrogen-bond acceptors (Lipinski definition) is 10. The van der Waals surface area contributed by atoms with Crippen molar-refractivity contribution in [3.05, 3.63) is 215 Å². The zero-order valence-corrected chi connectivity index (χ0v) is 44.9. The summed E-state index contributed by atoms with van der Waals surface area (Å²) in [6, 6.07) is 58.2. The van der Waals surface area contributed by atoms with Gasteiger partial charge in [0, 0.05) is 6.42 Å². The molecule has 6 atom stereocenters. The molecule has 0 aliphatic heterocycles. The summed E-state index contributed by atoms with van der Waals surface area (Å²) in [5, 5.41) is 0. The SMILES string of the molecule is CCCCCCCCCCCCCCCC(=O)O[C@@H]1C(OCc2ccccc2)C(OCc2ccccc2)[C@H](OCc2ccccc2)[C@@H](OCc2ccccc2)C1OP(=O)(OCc1ccccc1)OCc1ccccc1. The summed E-state index contributed by atoms with van der Waals surface area (Å²) in [7, 11) is -4.60. The molecule has 0 aromatic heterocycles. The van der Waals surface area contributed by atoms with Gasteiger partial charge in [-0.25, -0.2) is 4.57 Å². The molecule has 0 spiro atoms. The van der Waals surface area contributed by atoms with E-state index < -0.39 is 50.4 Å². The largest absolute Gasteiger partial charge is 0.475 e. The molecule has 7 rings (SSSR count). The molecule has 75 heavy (non-hydrogen) atoms. The minimum Gasteiger partial charge on any atom is -0.457 e. The molecule has 11 heteroatoms. The number of benzene rings is 6. The standard InChI is InChI=1S/C64H79O10P/c1-2-3-4-5-6-7-8-9-10-11-12-13-32-45-58(65)73-63-61(69-48-54-37-24-16-25-38-54)59(67-46-52-33-20-14-21-34-52)60(68-47-53-35-22-15-23-36-53)62(70-49-55-39-26-17-27-40-55)64(63)74-75(66,71-50-56-41-28-18-29-42-56)72-51-57-43-30-19-31-44-57/h14-31,33-44,59-64H,2-13,32,45-51H2,1H3/t59?,60-,61?,62+,63+,64?/m0/s1. The zero-order chi connectivity index (χ0) is 52.0. The Labute approximate surface area is 447 Å². The van der Waals surface area contributed by atoms with Crippen LogP contribution in [0.25, 0.3) is 0 Å². The summed E-state index contributed by atoms with van der Waals surface area (Å²) in [5.41, 5.74) is 5.12. The highest BCUT2D eigenvalue weighted by atomic mass is 31.2. The van der Waals surface area contributed by atoms with Crippen LogP contribution in [0.1, 0.15) is 130 Å². The van der Waals surface area contributed by atoms with Crippen LogP contribution in [0.5, 0.6) is 0 Å². The second-order valence-electron chi connectivity index (χ2n) is 19.5. The van der Waals surface area contributed by atoms with E-state index >= 15 is 4.57 Å². The Hall–Kier alpha value is -5.26. The lowest BCUT2D eigenvalue weighted by molar-refractivity contribution is -0.275. The number of carbonyl (C=O) groups is 1. The van der Waals surface area contributed by atoms with Gasteiger partial charge in [0.15, 0.2) is 6.10 Å². The second-order valence-corrected chi connectivity index (χ2v) is 21.1. The zero-order valence-electron chi connectivity index (χ0n) is 44.0. The van der Waals surface area contributed by atoms with Crippen LogP contribution in [0.2, 0.25) is 0 Å². The molecule has 1 aliphatic rings. The summed E-state index contributed by atoms with van der Waals surface area (Å²) >= 11 is 0. The number of rotatable bonds is 35. The maximum atomic E-state index is 15.7. The van der Waals surface area contributed by atoms with Gasteiger partial charge < -0.3 is 23.7 Å². The van der Waals surface area contributed by atoms with E-state index in [1.165, 1.54) is 57.8 Å². The topological polar surface area (TPSA) is 108 Å².